The summed E-state index contributed by atoms with van der Waals surface area (Å²) < 4.78 is 0. The smallest absolute Gasteiger partial charge is 0.236 e. The van der Waals surface area contributed by atoms with Crippen LogP contribution in [-0.2, 0) is 4.79 Å². The number of hydrogen-bond donors (Lipinski definition) is 2. The fraction of sp³-hybridized carbons (Fsp3) is 0.286. The Morgan fingerprint density at radius 1 is 1.62 bits per heavy atom. The average molecular weight is 256 g/mol. The van der Waals surface area contributed by atoms with Gasteiger partial charge in [0.25, 0.3) is 0 Å². The number of H-pyrrole nitrogens is 1. The molecule has 0 aromatic carbocycles. The molecule has 0 aliphatic rings. The highest BCUT2D eigenvalue weighted by Crippen LogP contribution is 2.16. The first-order valence-electron chi connectivity index (χ1n) is 4.32. The van der Waals surface area contributed by atoms with Crippen LogP contribution in [0.1, 0.15) is 5.01 Å². The Morgan fingerprint density at radius 2 is 2.50 bits per heavy atom. The summed E-state index contributed by atoms with van der Waals surface area (Å²) in [6.07, 6.45) is 1.56. The maximum absolute atomic E-state index is 11.5. The van der Waals surface area contributed by atoms with Crippen LogP contribution in [0.25, 0.3) is 0 Å². The first-order valence-corrected chi connectivity index (χ1v) is 6.13. The van der Waals surface area contributed by atoms with Crippen molar-refractivity contribution in [1.82, 2.24) is 25.6 Å². The second-order valence-corrected chi connectivity index (χ2v) is 4.95. The van der Waals surface area contributed by atoms with Gasteiger partial charge in [0.05, 0.1) is 11.9 Å². The molecule has 0 aliphatic heterocycles. The van der Waals surface area contributed by atoms with Crippen LogP contribution in [0.15, 0.2) is 11.2 Å². The van der Waals surface area contributed by atoms with E-state index in [1.165, 1.54) is 23.1 Å². The third-order valence-electron chi connectivity index (χ3n) is 1.52. The zero-order valence-corrected chi connectivity index (χ0v) is 9.93. The molecule has 2 rings (SSSR count). The topological polar surface area (TPSA) is 96.5 Å². The molecule has 2 N–H and O–H groups in total. The van der Waals surface area contributed by atoms with E-state index >= 15 is 0 Å². The van der Waals surface area contributed by atoms with Crippen LogP contribution in [0.5, 0.6) is 0 Å². The second kappa shape index (κ2) is 5.03. The first kappa shape index (κ1) is 11.0. The van der Waals surface area contributed by atoms with Crippen molar-refractivity contribution < 1.29 is 4.79 Å². The minimum atomic E-state index is -0.135. The van der Waals surface area contributed by atoms with Crippen LogP contribution in [0, 0.1) is 6.92 Å². The van der Waals surface area contributed by atoms with E-state index in [4.69, 9.17) is 0 Å². The Bertz CT molecular complexity index is 467. The van der Waals surface area contributed by atoms with Crippen LogP contribution < -0.4 is 5.32 Å². The number of nitrogens with zero attached hydrogens (tertiary/aromatic N) is 4. The lowest BCUT2D eigenvalue weighted by Crippen LogP contribution is -2.13. The van der Waals surface area contributed by atoms with E-state index < -0.39 is 0 Å². The van der Waals surface area contributed by atoms with Crippen molar-refractivity contribution in [1.29, 1.82) is 0 Å². The highest BCUT2D eigenvalue weighted by atomic mass is 32.2. The number of amides is 1. The number of carbonyl (C=O) groups is 1. The van der Waals surface area contributed by atoms with Crippen molar-refractivity contribution >= 4 is 34.1 Å². The lowest BCUT2D eigenvalue weighted by Gasteiger charge is -1.98. The number of nitrogens with one attached hydrogen (secondary N) is 2. The summed E-state index contributed by atoms with van der Waals surface area (Å²) in [6.45, 7) is 1.83. The summed E-state index contributed by atoms with van der Waals surface area (Å²) in [5, 5.41) is 22.2. The molecule has 1 amide bonds. The van der Waals surface area contributed by atoms with Crippen LogP contribution in [-0.4, -0.2) is 37.3 Å². The van der Waals surface area contributed by atoms with E-state index in [0.29, 0.717) is 10.2 Å². The van der Waals surface area contributed by atoms with Crippen molar-refractivity contribution in [3.05, 3.63) is 11.2 Å². The zero-order chi connectivity index (χ0) is 11.4. The van der Waals surface area contributed by atoms with Gasteiger partial charge in [0.1, 0.15) is 10.0 Å². The maximum Gasteiger partial charge on any atom is 0.236 e. The van der Waals surface area contributed by atoms with Crippen LogP contribution in [0.3, 0.4) is 0 Å². The number of hydrogen-bond acceptors (Lipinski definition) is 7. The van der Waals surface area contributed by atoms with Gasteiger partial charge in [0, 0.05) is 0 Å². The molecule has 2 heterocycles. The van der Waals surface area contributed by atoms with E-state index in [2.05, 4.69) is 30.9 Å². The van der Waals surface area contributed by atoms with Gasteiger partial charge in [-0.3, -0.25) is 10.1 Å². The lowest BCUT2D eigenvalue weighted by atomic mass is 10.7. The van der Waals surface area contributed by atoms with Crippen molar-refractivity contribution in [2.75, 3.05) is 11.1 Å². The van der Waals surface area contributed by atoms with E-state index in [0.717, 1.165) is 5.01 Å². The molecule has 0 unspecified atom stereocenters. The molecule has 0 radical (unpaired) electrons. The van der Waals surface area contributed by atoms with Crippen molar-refractivity contribution in [3.8, 4) is 0 Å². The second-order valence-electron chi connectivity index (χ2n) is 2.77. The van der Waals surface area contributed by atoms with E-state index in [9.17, 15) is 4.79 Å². The van der Waals surface area contributed by atoms with E-state index in [1.54, 1.807) is 6.20 Å². The highest BCUT2D eigenvalue weighted by Gasteiger charge is 2.07. The number of anilines is 1. The van der Waals surface area contributed by atoms with Crippen LogP contribution in [0.4, 0.5) is 5.13 Å². The van der Waals surface area contributed by atoms with Crippen molar-refractivity contribution in [2.24, 2.45) is 0 Å². The molecule has 0 aliphatic carbocycles. The molecule has 0 spiro atoms. The molecule has 0 saturated carbocycles. The molecular weight excluding hydrogens is 248 g/mol. The largest absolute Gasteiger partial charge is 0.300 e. The molecule has 2 aromatic rings. The molecule has 9 heteroatoms. The van der Waals surface area contributed by atoms with Crippen molar-refractivity contribution in [3.63, 3.8) is 0 Å². The van der Waals surface area contributed by atoms with Gasteiger partial charge in [0.15, 0.2) is 0 Å². The van der Waals surface area contributed by atoms with Gasteiger partial charge in [-0.05, 0) is 6.92 Å². The normalized spacial score (nSPS) is 10.3. The van der Waals surface area contributed by atoms with E-state index in [-0.39, 0.29) is 11.7 Å². The third-order valence-corrected chi connectivity index (χ3v) is 3.17. The standard InChI is InChI=1S/C7H8N6OS2/c1-4-10-12-7(16-4)9-5(14)3-15-6-2-8-13-11-6/h2H,3H2,1H3,(H,8,11,13)(H,9,12,14). The summed E-state index contributed by atoms with van der Waals surface area (Å²) in [5.41, 5.74) is 0. The monoisotopic (exact) mass is 256 g/mol. The number of thioether (sulfide) groups is 1. The van der Waals surface area contributed by atoms with Gasteiger partial charge in [-0.25, -0.2) is 0 Å². The van der Waals surface area contributed by atoms with Gasteiger partial charge < -0.3 is 0 Å². The molecule has 0 saturated heterocycles. The van der Waals surface area contributed by atoms with E-state index in [1.807, 2.05) is 6.92 Å². The number of aromatic amines is 1. The SMILES string of the molecule is Cc1nnc(NC(=O)CSc2cn[nH]n2)s1. The lowest BCUT2D eigenvalue weighted by molar-refractivity contribution is -0.113. The zero-order valence-electron chi connectivity index (χ0n) is 8.30. The fourth-order valence-corrected chi connectivity index (χ4v) is 2.09. The summed E-state index contributed by atoms with van der Waals surface area (Å²) in [7, 11) is 0. The van der Waals surface area contributed by atoms with Crippen molar-refractivity contribution in [2.45, 2.75) is 11.9 Å². The molecule has 7 nitrogen and oxygen atoms in total. The predicted octanol–water partition coefficient (Wildman–Crippen LogP) is 0.695. The minimum Gasteiger partial charge on any atom is -0.300 e. The Hall–Kier alpha value is -1.48. The molecule has 0 bridgehead atoms. The van der Waals surface area contributed by atoms with Gasteiger partial charge in [-0.2, -0.15) is 10.3 Å². The molecule has 0 fully saturated rings. The Kier molecular flexibility index (Phi) is 3.47. The highest BCUT2D eigenvalue weighted by molar-refractivity contribution is 7.99. The summed E-state index contributed by atoms with van der Waals surface area (Å²) in [5.74, 6) is 0.134. The Labute approximate surface area is 99.1 Å². The number of rotatable bonds is 4. The van der Waals surface area contributed by atoms with Gasteiger partial charge in [-0.15, -0.1) is 15.3 Å². The fourth-order valence-electron chi connectivity index (χ4n) is 0.903. The van der Waals surface area contributed by atoms with Crippen LogP contribution >= 0.6 is 23.1 Å². The van der Waals surface area contributed by atoms with Gasteiger partial charge in [0.2, 0.25) is 11.0 Å². The van der Waals surface area contributed by atoms with Crippen LogP contribution in [0.2, 0.25) is 0 Å². The summed E-state index contributed by atoms with van der Waals surface area (Å²) in [4.78, 5) is 11.5. The summed E-state index contributed by atoms with van der Waals surface area (Å²) in [6, 6.07) is 0. The van der Waals surface area contributed by atoms with Gasteiger partial charge in [-0.1, -0.05) is 23.1 Å². The maximum atomic E-state index is 11.5. The molecule has 84 valence electrons. The summed E-state index contributed by atoms with van der Waals surface area (Å²) >= 11 is 2.64. The molecular formula is C7H8N6OS2. The Balaban J connectivity index is 1.81. The van der Waals surface area contributed by atoms with Gasteiger partial charge >= 0.3 is 0 Å². The number of aryl methyl sites for hydroxylation is 1. The predicted molar refractivity (Wildman–Crippen MR) is 60.4 cm³/mol. The minimum absolute atomic E-state index is 0.135. The Morgan fingerprint density at radius 3 is 3.12 bits per heavy atom. The quantitative estimate of drug-likeness (QED) is 0.781. The molecule has 16 heavy (non-hydrogen) atoms. The number of carbonyl (C=O) groups excluding carboxylic acids is 1. The number of aromatic nitrogens is 5. The molecule has 2 aromatic heterocycles. The average Bonchev–Trinajstić information content (AvgIpc) is 2.87. The molecule has 0 atom stereocenters. The first-order chi connectivity index (χ1) is 7.74. The third kappa shape index (κ3) is 3.00.